The van der Waals surface area contributed by atoms with Crippen LogP contribution in [0, 0.1) is 11.3 Å². The van der Waals surface area contributed by atoms with E-state index in [9.17, 15) is 23.3 Å². The van der Waals surface area contributed by atoms with Crippen LogP contribution in [0.4, 0.5) is 0 Å². The van der Waals surface area contributed by atoms with Crippen molar-refractivity contribution in [2.75, 3.05) is 20.3 Å². The zero-order valence-electron chi connectivity index (χ0n) is 19.5. The van der Waals surface area contributed by atoms with E-state index in [4.69, 9.17) is 18.4 Å². The topological polar surface area (TPSA) is 129 Å². The summed E-state index contributed by atoms with van der Waals surface area (Å²) in [4.78, 5) is 23.4. The van der Waals surface area contributed by atoms with Gasteiger partial charge in [0, 0.05) is 18.2 Å². The van der Waals surface area contributed by atoms with Crippen molar-refractivity contribution in [3.8, 4) is 17.6 Å². The molecule has 2 rings (SSSR count). The molecule has 0 aromatic heterocycles. The molecule has 0 heterocycles. The fourth-order valence-corrected chi connectivity index (χ4v) is 3.94. The first kappa shape index (κ1) is 27.1. The van der Waals surface area contributed by atoms with Gasteiger partial charge in [-0.05, 0) is 60.9 Å². The molecule has 184 valence electrons. The molecule has 0 fully saturated rings. The summed E-state index contributed by atoms with van der Waals surface area (Å²) in [5.41, 5.74) is 1.33. The number of methoxy groups -OCH3 is 1. The average Bonchev–Trinajstić information content (AvgIpc) is 2.81. The van der Waals surface area contributed by atoms with E-state index < -0.39 is 27.8 Å². The lowest BCUT2D eigenvalue weighted by atomic mass is 10.1. The molecule has 0 aliphatic heterocycles. The molecule has 0 amide bonds. The highest BCUT2D eigenvalue weighted by Gasteiger charge is 2.18. The van der Waals surface area contributed by atoms with Crippen LogP contribution >= 0.6 is 0 Å². The number of benzene rings is 2. The molecule has 0 spiro atoms. The smallest absolute Gasteiger partial charge is 0.330 e. The Hall–Kier alpha value is -4.10. The highest BCUT2D eigenvalue weighted by Crippen LogP contribution is 2.27. The third-order valence-electron chi connectivity index (χ3n) is 4.30. The van der Waals surface area contributed by atoms with Crippen molar-refractivity contribution in [1.29, 1.82) is 5.26 Å². The second kappa shape index (κ2) is 13.0. The van der Waals surface area contributed by atoms with Gasteiger partial charge in [-0.3, -0.25) is 0 Å². The van der Waals surface area contributed by atoms with Crippen molar-refractivity contribution in [2.24, 2.45) is 0 Å². The highest BCUT2D eigenvalue weighted by molar-refractivity contribution is 7.86. The van der Waals surface area contributed by atoms with E-state index in [-0.39, 0.29) is 24.5 Å². The van der Waals surface area contributed by atoms with Crippen LogP contribution in [0.1, 0.15) is 36.1 Å². The van der Waals surface area contributed by atoms with E-state index in [0.717, 1.165) is 0 Å². The molecule has 0 radical (unpaired) electrons. The highest BCUT2D eigenvalue weighted by atomic mass is 32.2. The SMILES string of the molecule is CCOC(=O)/C=C/c1cc(/C=C/C(=O)OCC)cc(CS(=O)(=O)Oc2cc(OC)ccc2C#N)c1. The van der Waals surface area contributed by atoms with E-state index in [0.29, 0.717) is 22.4 Å². The van der Waals surface area contributed by atoms with E-state index in [2.05, 4.69) is 0 Å². The van der Waals surface area contributed by atoms with Gasteiger partial charge in [0.2, 0.25) is 0 Å². The second-order valence-electron chi connectivity index (χ2n) is 6.94. The van der Waals surface area contributed by atoms with Crippen molar-refractivity contribution >= 4 is 34.2 Å². The van der Waals surface area contributed by atoms with Gasteiger partial charge in [-0.25, -0.2) is 9.59 Å². The zero-order valence-corrected chi connectivity index (χ0v) is 20.3. The second-order valence-corrected chi connectivity index (χ2v) is 8.51. The van der Waals surface area contributed by atoms with E-state index in [1.54, 1.807) is 32.0 Å². The summed E-state index contributed by atoms with van der Waals surface area (Å²) >= 11 is 0. The van der Waals surface area contributed by atoms with Crippen LogP contribution in [0.15, 0.2) is 48.6 Å². The summed E-state index contributed by atoms with van der Waals surface area (Å²) in [5, 5.41) is 9.27. The standard InChI is InChI=1S/C25H25NO8S/c1-4-32-24(27)10-6-18-12-19(7-11-25(28)33-5-2)14-20(13-18)17-35(29,30)34-23-15-22(31-3)9-8-21(23)16-26/h6-15H,4-5,17H2,1-3H3/b10-6+,11-7+. The third-order valence-corrected chi connectivity index (χ3v) is 5.42. The van der Waals surface area contributed by atoms with E-state index in [1.165, 1.54) is 49.6 Å². The molecule has 10 heteroatoms. The average molecular weight is 500 g/mol. The van der Waals surface area contributed by atoms with Gasteiger partial charge in [-0.1, -0.05) is 12.1 Å². The Morgan fingerprint density at radius 2 is 1.51 bits per heavy atom. The number of carbonyl (C=O) groups is 2. The fraction of sp³-hybridized carbons (Fsp3) is 0.240. The largest absolute Gasteiger partial charge is 0.497 e. The first-order valence-corrected chi connectivity index (χ1v) is 12.1. The van der Waals surface area contributed by atoms with Gasteiger partial charge < -0.3 is 18.4 Å². The molecule has 0 aliphatic carbocycles. The number of hydrogen-bond acceptors (Lipinski definition) is 9. The minimum absolute atomic E-state index is 0.0264. The van der Waals surface area contributed by atoms with Crippen molar-refractivity contribution in [3.05, 3.63) is 70.8 Å². The maximum absolute atomic E-state index is 12.8. The third kappa shape index (κ3) is 8.98. The lowest BCUT2D eigenvalue weighted by Gasteiger charge is -2.11. The van der Waals surface area contributed by atoms with Gasteiger partial charge in [0.25, 0.3) is 0 Å². The molecule has 0 saturated heterocycles. The Labute approximate surface area is 204 Å². The minimum Gasteiger partial charge on any atom is -0.497 e. The minimum atomic E-state index is -4.20. The predicted molar refractivity (Wildman–Crippen MR) is 129 cm³/mol. The number of nitrogens with zero attached hydrogens (tertiary/aromatic N) is 1. The van der Waals surface area contributed by atoms with Crippen molar-refractivity contribution in [2.45, 2.75) is 19.6 Å². The maximum Gasteiger partial charge on any atom is 0.330 e. The van der Waals surface area contributed by atoms with Crippen LogP contribution in [0.3, 0.4) is 0 Å². The van der Waals surface area contributed by atoms with Crippen LogP contribution in [0.25, 0.3) is 12.2 Å². The van der Waals surface area contributed by atoms with Crippen LogP contribution in [-0.2, 0) is 34.9 Å². The number of carbonyl (C=O) groups excluding carboxylic acids is 2. The molecule has 0 aliphatic rings. The predicted octanol–water partition coefficient (Wildman–Crippen LogP) is 3.63. The Kier molecular flexibility index (Phi) is 10.1. The first-order valence-electron chi connectivity index (χ1n) is 10.5. The molecule has 0 unspecified atom stereocenters. The quantitative estimate of drug-likeness (QED) is 0.258. The van der Waals surface area contributed by atoms with Gasteiger partial charge >= 0.3 is 22.1 Å². The molecule has 0 N–H and O–H groups in total. The molecule has 0 bridgehead atoms. The van der Waals surface area contributed by atoms with Gasteiger partial charge in [0.15, 0.2) is 5.75 Å². The lowest BCUT2D eigenvalue weighted by molar-refractivity contribution is -0.138. The zero-order chi connectivity index (χ0) is 25.8. The fourth-order valence-electron chi connectivity index (χ4n) is 2.89. The molecule has 2 aromatic carbocycles. The Morgan fingerprint density at radius 3 is 2.00 bits per heavy atom. The number of rotatable bonds is 11. The normalized spacial score (nSPS) is 11.3. The molecule has 9 nitrogen and oxygen atoms in total. The molecule has 2 aromatic rings. The van der Waals surface area contributed by atoms with Crippen molar-refractivity contribution in [3.63, 3.8) is 0 Å². The van der Waals surface area contributed by atoms with Gasteiger partial charge in [-0.2, -0.15) is 13.7 Å². The first-order chi connectivity index (χ1) is 16.7. The summed E-state index contributed by atoms with van der Waals surface area (Å²) in [6.07, 6.45) is 5.35. The number of hydrogen-bond donors (Lipinski definition) is 0. The van der Waals surface area contributed by atoms with Gasteiger partial charge in [0.05, 0.1) is 25.9 Å². The number of ether oxygens (including phenoxy) is 3. The summed E-state index contributed by atoms with van der Waals surface area (Å²) in [6.45, 7) is 3.77. The van der Waals surface area contributed by atoms with Crippen LogP contribution < -0.4 is 8.92 Å². The summed E-state index contributed by atoms with van der Waals surface area (Å²) < 4.78 is 45.6. The Morgan fingerprint density at radius 1 is 0.943 bits per heavy atom. The summed E-state index contributed by atoms with van der Waals surface area (Å²) in [7, 11) is -2.79. The monoisotopic (exact) mass is 499 g/mol. The van der Waals surface area contributed by atoms with E-state index in [1.807, 2.05) is 6.07 Å². The Bertz CT molecular complexity index is 1230. The van der Waals surface area contributed by atoms with E-state index >= 15 is 0 Å². The molecular weight excluding hydrogens is 474 g/mol. The van der Waals surface area contributed by atoms with Gasteiger partial charge in [-0.15, -0.1) is 0 Å². The number of nitriles is 1. The van der Waals surface area contributed by atoms with Crippen LogP contribution in [0.2, 0.25) is 0 Å². The summed E-state index contributed by atoms with van der Waals surface area (Å²) in [5.74, 6) is -1.49. The molecule has 0 atom stereocenters. The Balaban J connectivity index is 2.39. The van der Waals surface area contributed by atoms with Crippen LogP contribution in [-0.4, -0.2) is 40.7 Å². The molecule has 0 saturated carbocycles. The van der Waals surface area contributed by atoms with Crippen molar-refractivity contribution < 1.29 is 36.4 Å². The summed E-state index contributed by atoms with van der Waals surface area (Å²) in [6, 6.07) is 10.8. The van der Waals surface area contributed by atoms with Crippen molar-refractivity contribution in [1.82, 2.24) is 0 Å². The lowest BCUT2D eigenvalue weighted by Crippen LogP contribution is -2.13. The molecule has 35 heavy (non-hydrogen) atoms. The van der Waals surface area contributed by atoms with Gasteiger partial charge in [0.1, 0.15) is 17.6 Å². The number of esters is 2. The molecular formula is C25H25NO8S. The van der Waals surface area contributed by atoms with Crippen LogP contribution in [0.5, 0.6) is 11.5 Å². The maximum atomic E-state index is 12.8.